The Kier molecular flexibility index (Phi) is 3.16. The molecule has 2 aromatic carbocycles. The third kappa shape index (κ3) is 2.18. The summed E-state index contributed by atoms with van der Waals surface area (Å²) >= 11 is 6.06. The molecule has 4 rings (SSSR count). The zero-order valence-electron chi connectivity index (χ0n) is 11.6. The van der Waals surface area contributed by atoms with E-state index in [1.807, 2.05) is 36.5 Å². The van der Waals surface area contributed by atoms with Crippen LogP contribution in [0.1, 0.15) is 23.5 Å². The van der Waals surface area contributed by atoms with E-state index < -0.39 is 0 Å². The number of hydrogen-bond donors (Lipinski definition) is 0. The van der Waals surface area contributed by atoms with Gasteiger partial charge in [0.15, 0.2) is 0 Å². The highest BCUT2D eigenvalue weighted by molar-refractivity contribution is 6.31. The first-order chi connectivity index (χ1) is 10.7. The van der Waals surface area contributed by atoms with E-state index in [0.717, 1.165) is 34.1 Å². The predicted octanol–water partition coefficient (Wildman–Crippen LogP) is 5.27. The maximum absolute atomic E-state index is 13.2. The standard InChI is InChI=1S/C18H12ClFN2/c19-12-3-6-15-16(9-12)22-10-17-18(15)14(7-8-21-17)11-1-4-13(20)5-2-11/h1-6,8-10,14H,7H2. The molecule has 3 aromatic rings. The molecule has 0 radical (unpaired) electrons. The molecule has 0 spiro atoms. The highest BCUT2D eigenvalue weighted by Gasteiger charge is 2.23. The first-order valence-electron chi connectivity index (χ1n) is 7.08. The number of benzene rings is 2. The third-order valence-electron chi connectivity index (χ3n) is 4.04. The van der Waals surface area contributed by atoms with Crippen LogP contribution in [0.25, 0.3) is 10.9 Å². The minimum absolute atomic E-state index is 0.153. The van der Waals surface area contributed by atoms with E-state index >= 15 is 0 Å². The monoisotopic (exact) mass is 310 g/mol. The Balaban J connectivity index is 1.96. The molecule has 1 aliphatic rings. The Morgan fingerprint density at radius 2 is 1.91 bits per heavy atom. The summed E-state index contributed by atoms with van der Waals surface area (Å²) in [6.45, 7) is 0. The fraction of sp³-hybridized carbons (Fsp3) is 0.111. The van der Waals surface area contributed by atoms with Crippen molar-refractivity contribution < 1.29 is 4.39 Å². The molecule has 0 saturated carbocycles. The number of fused-ring (bicyclic) bond motifs is 3. The number of halogens is 2. The third-order valence-corrected chi connectivity index (χ3v) is 4.28. The largest absolute Gasteiger partial charge is 0.259 e. The molecule has 22 heavy (non-hydrogen) atoms. The Bertz CT molecular complexity index is 887. The number of hydrogen-bond acceptors (Lipinski definition) is 2. The van der Waals surface area contributed by atoms with Crippen LogP contribution in [0.15, 0.2) is 53.7 Å². The average molecular weight is 311 g/mol. The second-order valence-electron chi connectivity index (χ2n) is 5.37. The van der Waals surface area contributed by atoms with Crippen LogP contribution in [0.3, 0.4) is 0 Å². The summed E-state index contributed by atoms with van der Waals surface area (Å²) < 4.78 is 13.2. The van der Waals surface area contributed by atoms with Crippen molar-refractivity contribution in [3.8, 4) is 0 Å². The van der Waals surface area contributed by atoms with Gasteiger partial charge in [0, 0.05) is 22.5 Å². The minimum Gasteiger partial charge on any atom is -0.259 e. The first kappa shape index (κ1) is 13.4. The molecule has 108 valence electrons. The maximum Gasteiger partial charge on any atom is 0.123 e. The SMILES string of the molecule is Fc1ccc(C2CC=Nc3cnc4cc(Cl)ccc4c32)cc1. The van der Waals surface area contributed by atoms with Gasteiger partial charge in [0.1, 0.15) is 5.82 Å². The van der Waals surface area contributed by atoms with Gasteiger partial charge in [-0.15, -0.1) is 0 Å². The Morgan fingerprint density at radius 3 is 2.73 bits per heavy atom. The molecule has 0 aliphatic carbocycles. The van der Waals surface area contributed by atoms with Crippen LogP contribution in [0.4, 0.5) is 10.1 Å². The van der Waals surface area contributed by atoms with Gasteiger partial charge in [-0.25, -0.2) is 4.39 Å². The highest BCUT2D eigenvalue weighted by atomic mass is 35.5. The van der Waals surface area contributed by atoms with Crippen LogP contribution in [0, 0.1) is 5.82 Å². The summed E-state index contributed by atoms with van der Waals surface area (Å²) in [7, 11) is 0. The van der Waals surface area contributed by atoms with Gasteiger partial charge in [0.25, 0.3) is 0 Å². The summed E-state index contributed by atoms with van der Waals surface area (Å²) in [5.41, 5.74) is 3.94. The molecule has 0 fully saturated rings. The number of aromatic nitrogens is 1. The van der Waals surface area contributed by atoms with Crippen LogP contribution in [0.2, 0.25) is 5.02 Å². The van der Waals surface area contributed by atoms with Crippen LogP contribution >= 0.6 is 11.6 Å². The molecule has 1 aromatic heterocycles. The predicted molar refractivity (Wildman–Crippen MR) is 87.8 cm³/mol. The molecule has 0 bridgehead atoms. The molecule has 1 atom stereocenters. The second-order valence-corrected chi connectivity index (χ2v) is 5.81. The molecule has 2 heterocycles. The zero-order chi connectivity index (χ0) is 15.1. The molecule has 1 aliphatic heterocycles. The molecule has 0 amide bonds. The summed E-state index contributed by atoms with van der Waals surface area (Å²) in [4.78, 5) is 8.90. The molecular formula is C18H12ClFN2. The van der Waals surface area contributed by atoms with Crippen molar-refractivity contribution in [3.63, 3.8) is 0 Å². The normalized spacial score (nSPS) is 16.7. The van der Waals surface area contributed by atoms with Gasteiger partial charge >= 0.3 is 0 Å². The van der Waals surface area contributed by atoms with E-state index in [9.17, 15) is 4.39 Å². The van der Waals surface area contributed by atoms with Gasteiger partial charge in [0.05, 0.1) is 17.4 Å². The molecular weight excluding hydrogens is 299 g/mol. The average Bonchev–Trinajstić information content (AvgIpc) is 2.54. The van der Waals surface area contributed by atoms with Crippen molar-refractivity contribution in [1.82, 2.24) is 4.98 Å². The van der Waals surface area contributed by atoms with Gasteiger partial charge in [-0.05, 0) is 41.8 Å². The molecule has 0 N–H and O–H groups in total. The van der Waals surface area contributed by atoms with Gasteiger partial charge in [0.2, 0.25) is 0 Å². The lowest BCUT2D eigenvalue weighted by atomic mass is 9.84. The fourth-order valence-electron chi connectivity index (χ4n) is 3.02. The van der Waals surface area contributed by atoms with Crippen LogP contribution in [0.5, 0.6) is 0 Å². The van der Waals surface area contributed by atoms with Crippen LogP contribution in [-0.4, -0.2) is 11.2 Å². The van der Waals surface area contributed by atoms with Gasteiger partial charge in [-0.1, -0.05) is 29.8 Å². The van der Waals surface area contributed by atoms with Crippen molar-refractivity contribution in [2.24, 2.45) is 4.99 Å². The Hall–Kier alpha value is -2.26. The molecule has 4 heteroatoms. The van der Waals surface area contributed by atoms with Gasteiger partial charge < -0.3 is 0 Å². The highest BCUT2D eigenvalue weighted by Crippen LogP contribution is 2.41. The van der Waals surface area contributed by atoms with Crippen molar-refractivity contribution >= 4 is 34.4 Å². The number of rotatable bonds is 1. The number of nitrogens with zero attached hydrogens (tertiary/aromatic N) is 2. The van der Waals surface area contributed by atoms with Gasteiger partial charge in [-0.2, -0.15) is 0 Å². The minimum atomic E-state index is -0.222. The van der Waals surface area contributed by atoms with E-state index in [-0.39, 0.29) is 11.7 Å². The lowest BCUT2D eigenvalue weighted by molar-refractivity contribution is 0.626. The van der Waals surface area contributed by atoms with Crippen molar-refractivity contribution in [2.75, 3.05) is 0 Å². The van der Waals surface area contributed by atoms with Gasteiger partial charge in [-0.3, -0.25) is 9.98 Å². The van der Waals surface area contributed by atoms with Crippen LogP contribution < -0.4 is 0 Å². The van der Waals surface area contributed by atoms with E-state index in [0.29, 0.717) is 5.02 Å². The first-order valence-corrected chi connectivity index (χ1v) is 7.46. The number of pyridine rings is 1. The number of aliphatic imine (C=N–C) groups is 1. The van der Waals surface area contributed by atoms with E-state index in [1.54, 1.807) is 6.20 Å². The maximum atomic E-state index is 13.2. The van der Waals surface area contributed by atoms with Crippen molar-refractivity contribution in [2.45, 2.75) is 12.3 Å². The zero-order valence-corrected chi connectivity index (χ0v) is 12.4. The van der Waals surface area contributed by atoms with Crippen LogP contribution in [-0.2, 0) is 0 Å². The van der Waals surface area contributed by atoms with E-state index in [2.05, 4.69) is 9.98 Å². The summed E-state index contributed by atoms with van der Waals surface area (Å²) in [6, 6.07) is 12.4. The lowest BCUT2D eigenvalue weighted by Gasteiger charge is -2.23. The Morgan fingerprint density at radius 1 is 1.09 bits per heavy atom. The van der Waals surface area contributed by atoms with Crippen molar-refractivity contribution in [3.05, 3.63) is 70.6 Å². The second kappa shape index (κ2) is 5.18. The lowest BCUT2D eigenvalue weighted by Crippen LogP contribution is -2.07. The fourth-order valence-corrected chi connectivity index (χ4v) is 3.19. The topological polar surface area (TPSA) is 25.2 Å². The molecule has 2 nitrogen and oxygen atoms in total. The quantitative estimate of drug-likeness (QED) is 0.601. The summed E-state index contributed by atoms with van der Waals surface area (Å²) in [5, 5.41) is 1.71. The van der Waals surface area contributed by atoms with Crippen molar-refractivity contribution in [1.29, 1.82) is 0 Å². The van der Waals surface area contributed by atoms with E-state index in [4.69, 9.17) is 11.6 Å². The smallest absolute Gasteiger partial charge is 0.123 e. The van der Waals surface area contributed by atoms with E-state index in [1.165, 1.54) is 12.1 Å². The molecule has 1 unspecified atom stereocenters. The summed E-state index contributed by atoms with van der Waals surface area (Å²) in [6.07, 6.45) is 4.47. The summed E-state index contributed by atoms with van der Waals surface area (Å²) in [5.74, 6) is -0.0698. The molecule has 0 saturated heterocycles. The Labute approximate surface area is 132 Å².